The molecule has 0 aliphatic carbocycles. The summed E-state index contributed by atoms with van der Waals surface area (Å²) in [5.74, 6) is -0.0270. The van der Waals surface area contributed by atoms with E-state index in [0.29, 0.717) is 16.5 Å². The van der Waals surface area contributed by atoms with Crippen LogP contribution in [-0.4, -0.2) is 47.1 Å². The molecule has 2 aromatic rings. The molecule has 1 unspecified atom stereocenters. The van der Waals surface area contributed by atoms with E-state index in [0.717, 1.165) is 51.1 Å². The Bertz CT molecular complexity index is 887. The lowest BCUT2D eigenvalue weighted by Crippen LogP contribution is -2.35. The van der Waals surface area contributed by atoms with Gasteiger partial charge in [-0.1, -0.05) is 17.7 Å². The van der Waals surface area contributed by atoms with Gasteiger partial charge in [0.25, 0.3) is 5.91 Å². The smallest absolute Gasteiger partial charge is 0.257 e. The highest BCUT2D eigenvalue weighted by Crippen LogP contribution is 2.40. The van der Waals surface area contributed by atoms with Gasteiger partial charge in [0, 0.05) is 43.7 Å². The van der Waals surface area contributed by atoms with Crippen molar-refractivity contribution in [1.82, 2.24) is 14.9 Å². The standard InChI is InChI=1S/C21H24ClFN4O2/c1-14(17-3-2-16(23)10-18(17)22)26-20-24-11-15(12-25-20)19(28)27-7-4-21(13-27)5-8-29-9-6-21/h2-3,10-12,14H,4-9,13H2,1H3,(H,24,25,26). The monoisotopic (exact) mass is 418 g/mol. The minimum atomic E-state index is -0.380. The minimum absolute atomic E-state index is 0.0328. The molecule has 4 rings (SSSR count). The van der Waals surface area contributed by atoms with Crippen LogP contribution in [0, 0.1) is 11.2 Å². The van der Waals surface area contributed by atoms with Gasteiger partial charge in [-0.15, -0.1) is 0 Å². The number of ether oxygens (including phenoxy) is 1. The third-order valence-corrected chi connectivity index (χ3v) is 6.28. The van der Waals surface area contributed by atoms with Crippen molar-refractivity contribution in [3.8, 4) is 0 Å². The van der Waals surface area contributed by atoms with Gasteiger partial charge in [-0.05, 0) is 49.3 Å². The summed E-state index contributed by atoms with van der Waals surface area (Å²) in [5.41, 5.74) is 1.43. The topological polar surface area (TPSA) is 67.4 Å². The molecule has 2 saturated heterocycles. The number of anilines is 1. The summed E-state index contributed by atoms with van der Waals surface area (Å²) in [5, 5.41) is 3.47. The minimum Gasteiger partial charge on any atom is -0.381 e. The number of aromatic nitrogens is 2. The molecule has 1 N–H and O–H groups in total. The van der Waals surface area contributed by atoms with Crippen LogP contribution < -0.4 is 5.32 Å². The van der Waals surface area contributed by atoms with Gasteiger partial charge >= 0.3 is 0 Å². The molecule has 1 atom stereocenters. The zero-order chi connectivity index (χ0) is 20.4. The van der Waals surface area contributed by atoms with E-state index in [1.165, 1.54) is 12.1 Å². The second-order valence-electron chi connectivity index (χ2n) is 7.92. The van der Waals surface area contributed by atoms with E-state index in [2.05, 4.69) is 15.3 Å². The predicted octanol–water partition coefficient (Wildman–Crippen LogP) is 4.08. The first-order valence-corrected chi connectivity index (χ1v) is 10.2. The molecule has 1 aromatic carbocycles. The number of benzene rings is 1. The maximum atomic E-state index is 13.2. The van der Waals surface area contributed by atoms with Crippen molar-refractivity contribution in [3.05, 3.63) is 52.6 Å². The fraction of sp³-hybridized carbons (Fsp3) is 0.476. The lowest BCUT2D eigenvalue weighted by atomic mass is 9.80. The molecule has 154 valence electrons. The number of carbonyl (C=O) groups is 1. The number of hydrogen-bond acceptors (Lipinski definition) is 5. The summed E-state index contributed by atoms with van der Waals surface area (Å²) >= 11 is 6.11. The third kappa shape index (κ3) is 4.36. The summed E-state index contributed by atoms with van der Waals surface area (Å²) in [6.45, 7) is 4.98. The van der Waals surface area contributed by atoms with Crippen LogP contribution in [0.4, 0.5) is 10.3 Å². The number of nitrogens with zero attached hydrogens (tertiary/aromatic N) is 3. The largest absolute Gasteiger partial charge is 0.381 e. The highest BCUT2D eigenvalue weighted by atomic mass is 35.5. The lowest BCUT2D eigenvalue weighted by molar-refractivity contribution is 0.0191. The summed E-state index contributed by atoms with van der Waals surface area (Å²) < 4.78 is 18.7. The lowest BCUT2D eigenvalue weighted by Gasteiger charge is -2.33. The van der Waals surface area contributed by atoms with E-state index in [4.69, 9.17) is 16.3 Å². The van der Waals surface area contributed by atoms with E-state index < -0.39 is 0 Å². The first kappa shape index (κ1) is 20.0. The van der Waals surface area contributed by atoms with Crippen molar-refractivity contribution in [3.63, 3.8) is 0 Å². The van der Waals surface area contributed by atoms with Crippen molar-refractivity contribution in [1.29, 1.82) is 0 Å². The van der Waals surface area contributed by atoms with Crippen LogP contribution in [-0.2, 0) is 4.74 Å². The van der Waals surface area contributed by atoms with E-state index >= 15 is 0 Å². The molecule has 1 amide bonds. The number of halogens is 2. The summed E-state index contributed by atoms with van der Waals surface area (Å²) in [6.07, 6.45) is 6.15. The Morgan fingerprint density at radius 2 is 2.00 bits per heavy atom. The Morgan fingerprint density at radius 3 is 2.69 bits per heavy atom. The van der Waals surface area contributed by atoms with Gasteiger partial charge in [-0.2, -0.15) is 0 Å². The molecule has 0 saturated carbocycles. The zero-order valence-corrected chi connectivity index (χ0v) is 17.1. The summed E-state index contributed by atoms with van der Waals surface area (Å²) in [6, 6.07) is 4.06. The maximum Gasteiger partial charge on any atom is 0.257 e. The van der Waals surface area contributed by atoms with Gasteiger partial charge in [-0.25, -0.2) is 14.4 Å². The van der Waals surface area contributed by atoms with Crippen molar-refractivity contribution < 1.29 is 13.9 Å². The van der Waals surface area contributed by atoms with Crippen LogP contribution in [0.25, 0.3) is 0 Å². The average Bonchev–Trinajstić information content (AvgIpc) is 3.11. The van der Waals surface area contributed by atoms with Crippen molar-refractivity contribution in [2.24, 2.45) is 5.41 Å². The number of carbonyl (C=O) groups excluding carboxylic acids is 1. The molecule has 2 aliphatic heterocycles. The van der Waals surface area contributed by atoms with Gasteiger partial charge < -0.3 is 15.0 Å². The number of hydrogen-bond donors (Lipinski definition) is 1. The van der Waals surface area contributed by atoms with Crippen LogP contribution in [0.2, 0.25) is 5.02 Å². The highest BCUT2D eigenvalue weighted by Gasteiger charge is 2.41. The Kier molecular flexibility index (Phi) is 5.69. The normalized spacial score (nSPS) is 19.3. The molecule has 2 aliphatic rings. The number of nitrogens with one attached hydrogen (secondary N) is 1. The second-order valence-corrected chi connectivity index (χ2v) is 8.32. The quantitative estimate of drug-likeness (QED) is 0.810. The van der Waals surface area contributed by atoms with Crippen LogP contribution in [0.1, 0.15) is 48.1 Å². The summed E-state index contributed by atoms with van der Waals surface area (Å²) in [7, 11) is 0. The third-order valence-electron chi connectivity index (χ3n) is 5.95. The highest BCUT2D eigenvalue weighted by molar-refractivity contribution is 6.31. The van der Waals surface area contributed by atoms with Gasteiger partial charge in [0.2, 0.25) is 5.95 Å². The van der Waals surface area contributed by atoms with E-state index in [9.17, 15) is 9.18 Å². The fourth-order valence-electron chi connectivity index (χ4n) is 4.14. The molecule has 1 spiro atoms. The van der Waals surface area contributed by atoms with Crippen LogP contribution in [0.5, 0.6) is 0 Å². The van der Waals surface area contributed by atoms with Gasteiger partial charge in [0.05, 0.1) is 11.6 Å². The number of amides is 1. The van der Waals surface area contributed by atoms with Crippen molar-refractivity contribution in [2.45, 2.75) is 32.2 Å². The summed E-state index contributed by atoms with van der Waals surface area (Å²) in [4.78, 5) is 23.3. The first-order valence-electron chi connectivity index (χ1n) is 9.86. The SMILES string of the molecule is CC(Nc1ncc(C(=O)N2CCC3(CCOCC3)C2)cn1)c1ccc(F)cc1Cl. The molecule has 1 aromatic heterocycles. The molecular weight excluding hydrogens is 395 g/mol. The first-order chi connectivity index (χ1) is 14.0. The molecule has 29 heavy (non-hydrogen) atoms. The maximum absolute atomic E-state index is 13.2. The molecule has 0 radical (unpaired) electrons. The zero-order valence-electron chi connectivity index (χ0n) is 16.3. The van der Waals surface area contributed by atoms with E-state index in [-0.39, 0.29) is 23.2 Å². The number of rotatable bonds is 4. The Labute approximate surface area is 174 Å². The molecule has 6 nitrogen and oxygen atoms in total. The Balaban J connectivity index is 1.39. The Morgan fingerprint density at radius 1 is 1.28 bits per heavy atom. The van der Waals surface area contributed by atoms with Crippen molar-refractivity contribution in [2.75, 3.05) is 31.6 Å². The van der Waals surface area contributed by atoms with Gasteiger partial charge in [-0.3, -0.25) is 4.79 Å². The van der Waals surface area contributed by atoms with E-state index in [1.54, 1.807) is 18.5 Å². The molecular formula is C21H24ClFN4O2. The average molecular weight is 419 g/mol. The van der Waals surface area contributed by atoms with E-state index in [1.807, 2.05) is 11.8 Å². The Hall–Kier alpha value is -2.25. The van der Waals surface area contributed by atoms with Crippen molar-refractivity contribution >= 4 is 23.5 Å². The predicted molar refractivity (Wildman–Crippen MR) is 108 cm³/mol. The molecule has 2 fully saturated rings. The van der Waals surface area contributed by atoms with Crippen LogP contribution >= 0.6 is 11.6 Å². The van der Waals surface area contributed by atoms with Crippen LogP contribution in [0.3, 0.4) is 0 Å². The molecule has 3 heterocycles. The van der Waals surface area contributed by atoms with Gasteiger partial charge in [0.15, 0.2) is 0 Å². The number of likely N-dealkylation sites (tertiary alicyclic amines) is 1. The second kappa shape index (κ2) is 8.24. The van der Waals surface area contributed by atoms with Crippen LogP contribution in [0.15, 0.2) is 30.6 Å². The molecule has 8 heteroatoms. The van der Waals surface area contributed by atoms with Gasteiger partial charge in [0.1, 0.15) is 5.82 Å². The fourth-order valence-corrected chi connectivity index (χ4v) is 4.47. The molecule has 0 bridgehead atoms.